The molecule has 1 heterocycles. The van der Waals surface area contributed by atoms with Crippen molar-refractivity contribution >= 4 is 5.97 Å². The molecule has 19 heavy (non-hydrogen) atoms. The van der Waals surface area contributed by atoms with Crippen molar-refractivity contribution in [1.82, 2.24) is 14.9 Å². The number of nitrogens with zero attached hydrogens (tertiary/aromatic N) is 2. The Labute approximate surface area is 111 Å². The predicted molar refractivity (Wildman–Crippen MR) is 72.2 cm³/mol. The van der Waals surface area contributed by atoms with Gasteiger partial charge in [0.15, 0.2) is 0 Å². The third kappa shape index (κ3) is 3.00. The van der Waals surface area contributed by atoms with Crippen molar-refractivity contribution in [2.75, 3.05) is 0 Å². The first-order valence-corrected chi connectivity index (χ1v) is 6.14. The molecule has 1 atom stereocenters. The number of aryl methyl sites for hydroxylation is 1. The van der Waals surface area contributed by atoms with Crippen LogP contribution in [0.4, 0.5) is 0 Å². The Morgan fingerprint density at radius 2 is 2.11 bits per heavy atom. The van der Waals surface area contributed by atoms with E-state index < -0.39 is 12.0 Å². The molecule has 1 aromatic carbocycles. The molecule has 1 aromatic heterocycles. The van der Waals surface area contributed by atoms with E-state index in [-0.39, 0.29) is 0 Å². The first kappa shape index (κ1) is 13.3. The molecule has 0 aliphatic carbocycles. The predicted octanol–water partition coefficient (Wildman–Crippen LogP) is 1.74. The zero-order chi connectivity index (χ0) is 13.8. The van der Waals surface area contributed by atoms with Crippen LogP contribution in [-0.2, 0) is 11.3 Å². The van der Waals surface area contributed by atoms with E-state index in [1.807, 2.05) is 41.8 Å². The van der Waals surface area contributed by atoms with E-state index >= 15 is 0 Å². The van der Waals surface area contributed by atoms with Gasteiger partial charge in [-0.25, -0.2) is 4.98 Å². The third-order valence-electron chi connectivity index (χ3n) is 2.99. The average Bonchev–Trinajstić information content (AvgIpc) is 2.78. The quantitative estimate of drug-likeness (QED) is 0.858. The summed E-state index contributed by atoms with van der Waals surface area (Å²) in [5.74, 6) is 0.0217. The molecule has 100 valence electrons. The molecule has 0 bridgehead atoms. The van der Waals surface area contributed by atoms with Gasteiger partial charge >= 0.3 is 5.97 Å². The lowest BCUT2D eigenvalue weighted by molar-refractivity contribution is -0.139. The summed E-state index contributed by atoms with van der Waals surface area (Å²) in [5.41, 5.74) is 1.97. The molecule has 0 radical (unpaired) electrons. The van der Waals surface area contributed by atoms with E-state index in [2.05, 4.69) is 10.3 Å². The van der Waals surface area contributed by atoms with Crippen LogP contribution < -0.4 is 5.32 Å². The number of carboxylic acid groups (broad SMARTS) is 1. The monoisotopic (exact) mass is 259 g/mol. The Kier molecular flexibility index (Phi) is 3.97. The summed E-state index contributed by atoms with van der Waals surface area (Å²) in [6.07, 6.45) is 1.77. The number of rotatable bonds is 5. The second kappa shape index (κ2) is 5.67. The van der Waals surface area contributed by atoms with Gasteiger partial charge in [-0.05, 0) is 26.0 Å². The number of carboxylic acids is 1. The van der Waals surface area contributed by atoms with Gasteiger partial charge in [0.1, 0.15) is 11.9 Å². The molecule has 1 unspecified atom stereocenters. The smallest absolute Gasteiger partial charge is 0.320 e. The van der Waals surface area contributed by atoms with Crippen molar-refractivity contribution in [3.8, 4) is 5.69 Å². The summed E-state index contributed by atoms with van der Waals surface area (Å²) in [6, 6.07) is 9.30. The highest BCUT2D eigenvalue weighted by atomic mass is 16.4. The largest absolute Gasteiger partial charge is 0.480 e. The normalized spacial score (nSPS) is 12.3. The van der Waals surface area contributed by atoms with Crippen molar-refractivity contribution in [3.63, 3.8) is 0 Å². The van der Waals surface area contributed by atoms with Crippen LogP contribution in [0.1, 0.15) is 18.4 Å². The number of benzene rings is 1. The van der Waals surface area contributed by atoms with Crippen LogP contribution in [0.15, 0.2) is 36.5 Å². The number of imidazole rings is 1. The molecule has 2 aromatic rings. The zero-order valence-corrected chi connectivity index (χ0v) is 11.0. The minimum absolute atomic E-state index is 0.462. The van der Waals surface area contributed by atoms with Crippen molar-refractivity contribution in [1.29, 1.82) is 0 Å². The van der Waals surface area contributed by atoms with Gasteiger partial charge in [-0.15, -0.1) is 0 Å². The Hall–Kier alpha value is -2.14. The SMILES string of the molecule is Cc1ncc(CNC(C)C(=O)O)n1-c1ccccc1. The number of hydrogen-bond donors (Lipinski definition) is 2. The molecule has 0 spiro atoms. The van der Waals surface area contributed by atoms with Gasteiger partial charge in [0.25, 0.3) is 0 Å². The second-order valence-corrected chi connectivity index (χ2v) is 4.41. The summed E-state index contributed by atoms with van der Waals surface area (Å²) in [7, 11) is 0. The highest BCUT2D eigenvalue weighted by Gasteiger charge is 2.13. The average molecular weight is 259 g/mol. The van der Waals surface area contributed by atoms with Crippen LogP contribution >= 0.6 is 0 Å². The standard InChI is InChI=1S/C14H17N3O2/c1-10(14(18)19)15-8-13-9-16-11(2)17(13)12-6-4-3-5-7-12/h3-7,9-10,15H,8H2,1-2H3,(H,18,19). The van der Waals surface area contributed by atoms with E-state index in [0.29, 0.717) is 6.54 Å². The highest BCUT2D eigenvalue weighted by molar-refractivity contribution is 5.72. The van der Waals surface area contributed by atoms with Gasteiger partial charge in [-0.2, -0.15) is 0 Å². The molecule has 2 N–H and O–H groups in total. The summed E-state index contributed by atoms with van der Waals surface area (Å²) >= 11 is 0. The Morgan fingerprint density at radius 1 is 1.42 bits per heavy atom. The van der Waals surface area contributed by atoms with Crippen molar-refractivity contribution in [2.24, 2.45) is 0 Å². The number of carbonyl (C=O) groups is 1. The molecule has 0 saturated carbocycles. The van der Waals surface area contributed by atoms with Gasteiger partial charge < -0.3 is 5.11 Å². The van der Waals surface area contributed by atoms with Gasteiger partial charge in [0.05, 0.1) is 11.9 Å². The van der Waals surface area contributed by atoms with E-state index in [9.17, 15) is 4.79 Å². The molecule has 0 amide bonds. The van der Waals surface area contributed by atoms with E-state index in [4.69, 9.17) is 5.11 Å². The van der Waals surface area contributed by atoms with Gasteiger partial charge in [-0.1, -0.05) is 18.2 Å². The molecule has 0 fully saturated rings. The molecule has 0 saturated heterocycles. The Morgan fingerprint density at radius 3 is 2.74 bits per heavy atom. The van der Waals surface area contributed by atoms with Crippen molar-refractivity contribution in [3.05, 3.63) is 48.0 Å². The van der Waals surface area contributed by atoms with Crippen LogP contribution in [0, 0.1) is 6.92 Å². The maximum atomic E-state index is 10.8. The zero-order valence-electron chi connectivity index (χ0n) is 11.0. The van der Waals surface area contributed by atoms with Crippen LogP contribution in [0.5, 0.6) is 0 Å². The first-order chi connectivity index (χ1) is 9.09. The van der Waals surface area contributed by atoms with Crippen LogP contribution in [0.3, 0.4) is 0 Å². The van der Waals surface area contributed by atoms with Crippen LogP contribution in [0.25, 0.3) is 5.69 Å². The van der Waals surface area contributed by atoms with Gasteiger partial charge in [0.2, 0.25) is 0 Å². The summed E-state index contributed by atoms with van der Waals surface area (Å²) in [6.45, 7) is 4.01. The van der Waals surface area contributed by atoms with Crippen LogP contribution in [-0.4, -0.2) is 26.7 Å². The summed E-state index contributed by atoms with van der Waals surface area (Å²) in [5, 5.41) is 11.8. The molecular weight excluding hydrogens is 242 g/mol. The van der Waals surface area contributed by atoms with Gasteiger partial charge in [-0.3, -0.25) is 14.7 Å². The summed E-state index contributed by atoms with van der Waals surface area (Å²) < 4.78 is 2.02. The Balaban J connectivity index is 2.21. The minimum atomic E-state index is -0.859. The summed E-state index contributed by atoms with van der Waals surface area (Å²) in [4.78, 5) is 15.1. The minimum Gasteiger partial charge on any atom is -0.480 e. The fourth-order valence-electron chi connectivity index (χ4n) is 1.89. The number of nitrogens with one attached hydrogen (secondary N) is 1. The molecule has 5 heteroatoms. The van der Waals surface area contributed by atoms with Gasteiger partial charge in [0, 0.05) is 12.2 Å². The number of aliphatic carboxylic acids is 1. The fraction of sp³-hybridized carbons (Fsp3) is 0.286. The lowest BCUT2D eigenvalue weighted by atomic mass is 10.3. The first-order valence-electron chi connectivity index (χ1n) is 6.14. The third-order valence-corrected chi connectivity index (χ3v) is 2.99. The van der Waals surface area contributed by atoms with E-state index in [0.717, 1.165) is 17.2 Å². The lowest BCUT2D eigenvalue weighted by Gasteiger charge is -2.13. The molecular formula is C14H17N3O2. The second-order valence-electron chi connectivity index (χ2n) is 4.41. The topological polar surface area (TPSA) is 67.2 Å². The van der Waals surface area contributed by atoms with Crippen molar-refractivity contribution in [2.45, 2.75) is 26.4 Å². The Bertz CT molecular complexity index is 563. The highest BCUT2D eigenvalue weighted by Crippen LogP contribution is 2.14. The van der Waals surface area contributed by atoms with Crippen LogP contribution in [0.2, 0.25) is 0 Å². The number of hydrogen-bond acceptors (Lipinski definition) is 3. The molecule has 2 rings (SSSR count). The number of para-hydroxylation sites is 1. The maximum Gasteiger partial charge on any atom is 0.320 e. The fourth-order valence-corrected chi connectivity index (χ4v) is 1.89. The lowest BCUT2D eigenvalue weighted by Crippen LogP contribution is -2.33. The van der Waals surface area contributed by atoms with E-state index in [1.165, 1.54) is 0 Å². The van der Waals surface area contributed by atoms with Crippen molar-refractivity contribution < 1.29 is 9.90 Å². The molecule has 5 nitrogen and oxygen atoms in total. The molecule has 0 aliphatic heterocycles. The maximum absolute atomic E-state index is 10.8. The number of aromatic nitrogens is 2. The van der Waals surface area contributed by atoms with E-state index in [1.54, 1.807) is 13.1 Å². The molecule has 0 aliphatic rings.